The van der Waals surface area contributed by atoms with Crippen molar-refractivity contribution in [3.05, 3.63) is 26.3 Å². The molecule has 0 atom stereocenters. The van der Waals surface area contributed by atoms with Crippen LogP contribution in [-0.2, 0) is 0 Å². The van der Waals surface area contributed by atoms with Crippen molar-refractivity contribution in [3.8, 4) is 0 Å². The summed E-state index contributed by atoms with van der Waals surface area (Å²) in [5, 5.41) is 0. The summed E-state index contributed by atoms with van der Waals surface area (Å²) >= 11 is 3.08. The molecule has 0 radical (unpaired) electrons. The summed E-state index contributed by atoms with van der Waals surface area (Å²) < 4.78 is 25.4. The first kappa shape index (κ1) is 10.3. The fourth-order valence-electron chi connectivity index (χ4n) is 0.987. The molecule has 0 aliphatic rings. The highest BCUT2D eigenvalue weighted by Gasteiger charge is 2.15. The van der Waals surface area contributed by atoms with E-state index in [2.05, 4.69) is 20.9 Å². The number of hydrogen-bond acceptors (Lipinski definition) is 2. The quantitative estimate of drug-likeness (QED) is 0.767. The summed E-state index contributed by atoms with van der Waals surface area (Å²) in [7, 11) is 0. The largest absolute Gasteiger partial charge is 0.352 e. The number of aryl methyl sites for hydroxylation is 1. The predicted octanol–water partition coefficient (Wildman–Crippen LogP) is 2.02. The zero-order valence-corrected chi connectivity index (χ0v) is 8.60. The maximum Gasteiger partial charge on any atom is 0.352 e. The van der Waals surface area contributed by atoms with E-state index in [-0.39, 0.29) is 5.69 Å². The summed E-state index contributed by atoms with van der Waals surface area (Å²) in [4.78, 5) is 14.4. The Morgan fingerprint density at radius 2 is 2.00 bits per heavy atom. The average Bonchev–Trinajstić information content (AvgIpc) is 1.99. The van der Waals surface area contributed by atoms with Crippen LogP contribution in [0.3, 0.4) is 0 Å². The van der Waals surface area contributed by atoms with Gasteiger partial charge in [-0.15, -0.1) is 0 Å². The van der Waals surface area contributed by atoms with Gasteiger partial charge < -0.3 is 0 Å². The molecule has 0 aliphatic carbocycles. The van der Waals surface area contributed by atoms with E-state index in [0.29, 0.717) is 14.7 Å². The van der Waals surface area contributed by atoms with Crippen LogP contribution in [-0.4, -0.2) is 9.55 Å². The van der Waals surface area contributed by atoms with E-state index in [1.54, 1.807) is 6.92 Å². The van der Waals surface area contributed by atoms with Crippen molar-refractivity contribution >= 4 is 15.9 Å². The second kappa shape index (κ2) is 3.53. The van der Waals surface area contributed by atoms with E-state index >= 15 is 0 Å². The van der Waals surface area contributed by atoms with Gasteiger partial charge in [0.1, 0.15) is 0 Å². The summed E-state index contributed by atoms with van der Waals surface area (Å²) in [6, 6.07) is 0. The third kappa shape index (κ3) is 1.77. The summed E-state index contributed by atoms with van der Waals surface area (Å²) in [5.41, 5.74) is -0.319. The standard InChI is InChI=1S/C7H7BrF2N2O/c1-3-5(8)4(2)12(6(9)10)7(13)11-3/h6H,1-2H3. The van der Waals surface area contributed by atoms with Gasteiger partial charge in [0, 0.05) is 5.69 Å². The maximum atomic E-state index is 12.3. The lowest BCUT2D eigenvalue weighted by molar-refractivity contribution is 0.0622. The molecule has 1 aromatic heterocycles. The molecule has 72 valence electrons. The van der Waals surface area contributed by atoms with Crippen LogP contribution in [0.1, 0.15) is 17.9 Å². The van der Waals surface area contributed by atoms with Crippen molar-refractivity contribution in [2.75, 3.05) is 0 Å². The van der Waals surface area contributed by atoms with E-state index < -0.39 is 12.2 Å². The molecule has 0 unspecified atom stereocenters. The third-order valence-electron chi connectivity index (χ3n) is 1.66. The van der Waals surface area contributed by atoms with Crippen LogP contribution in [0.5, 0.6) is 0 Å². The van der Waals surface area contributed by atoms with Crippen molar-refractivity contribution < 1.29 is 8.78 Å². The van der Waals surface area contributed by atoms with Crippen molar-refractivity contribution in [1.29, 1.82) is 0 Å². The molecule has 0 saturated carbocycles. The Bertz CT molecular complexity index is 389. The first-order valence-corrected chi connectivity index (χ1v) is 4.28. The molecular weight excluding hydrogens is 246 g/mol. The predicted molar refractivity (Wildman–Crippen MR) is 46.9 cm³/mol. The molecule has 0 spiro atoms. The molecule has 6 heteroatoms. The Morgan fingerprint density at radius 1 is 1.46 bits per heavy atom. The van der Waals surface area contributed by atoms with Gasteiger partial charge in [0.2, 0.25) is 0 Å². The second-order valence-corrected chi connectivity index (χ2v) is 3.32. The van der Waals surface area contributed by atoms with Gasteiger partial charge in [-0.2, -0.15) is 13.8 Å². The average molecular weight is 253 g/mol. The molecule has 0 saturated heterocycles. The molecule has 0 fully saturated rings. The van der Waals surface area contributed by atoms with Crippen molar-refractivity contribution in [2.45, 2.75) is 20.4 Å². The van der Waals surface area contributed by atoms with Crippen LogP contribution in [0.25, 0.3) is 0 Å². The number of alkyl halides is 2. The molecule has 1 aromatic rings. The van der Waals surface area contributed by atoms with Crippen LogP contribution in [0.4, 0.5) is 8.78 Å². The molecule has 0 amide bonds. The van der Waals surface area contributed by atoms with E-state index in [1.807, 2.05) is 0 Å². The van der Waals surface area contributed by atoms with Crippen LogP contribution in [0, 0.1) is 13.8 Å². The van der Waals surface area contributed by atoms with Crippen LogP contribution in [0.2, 0.25) is 0 Å². The van der Waals surface area contributed by atoms with Gasteiger partial charge in [-0.3, -0.25) is 0 Å². The molecule has 3 nitrogen and oxygen atoms in total. The molecule has 1 heterocycles. The number of rotatable bonds is 1. The van der Waals surface area contributed by atoms with Crippen LogP contribution < -0.4 is 5.69 Å². The Hall–Kier alpha value is -0.780. The number of nitrogens with zero attached hydrogens (tertiary/aromatic N) is 2. The normalized spacial score (nSPS) is 10.9. The fourth-order valence-corrected chi connectivity index (χ4v) is 1.27. The minimum atomic E-state index is -2.85. The van der Waals surface area contributed by atoms with Gasteiger partial charge in [-0.1, -0.05) is 0 Å². The Kier molecular flexibility index (Phi) is 2.80. The van der Waals surface area contributed by atoms with E-state index in [1.165, 1.54) is 6.92 Å². The monoisotopic (exact) mass is 252 g/mol. The lowest BCUT2D eigenvalue weighted by Crippen LogP contribution is -2.26. The minimum Gasteiger partial charge on any atom is -0.245 e. The first-order chi connectivity index (χ1) is 5.95. The van der Waals surface area contributed by atoms with Crippen molar-refractivity contribution in [3.63, 3.8) is 0 Å². The van der Waals surface area contributed by atoms with Crippen LogP contribution in [0.15, 0.2) is 9.27 Å². The number of aromatic nitrogens is 2. The van der Waals surface area contributed by atoms with Gasteiger partial charge in [-0.25, -0.2) is 9.36 Å². The highest BCUT2D eigenvalue weighted by Crippen LogP contribution is 2.20. The molecule has 13 heavy (non-hydrogen) atoms. The zero-order chi connectivity index (χ0) is 10.2. The van der Waals surface area contributed by atoms with Gasteiger partial charge in [-0.05, 0) is 29.8 Å². The van der Waals surface area contributed by atoms with E-state index in [4.69, 9.17) is 0 Å². The van der Waals surface area contributed by atoms with E-state index in [9.17, 15) is 13.6 Å². The topological polar surface area (TPSA) is 34.9 Å². The molecule has 0 bridgehead atoms. The lowest BCUT2D eigenvalue weighted by Gasteiger charge is -2.10. The molecular formula is C7H7BrF2N2O. The number of halogens is 3. The van der Waals surface area contributed by atoms with E-state index in [0.717, 1.165) is 0 Å². The summed E-state index contributed by atoms with van der Waals surface area (Å²) in [6.45, 7) is 0.164. The molecule has 0 N–H and O–H groups in total. The van der Waals surface area contributed by atoms with Gasteiger partial charge >= 0.3 is 12.2 Å². The fraction of sp³-hybridized carbons (Fsp3) is 0.429. The Labute approximate surface area is 81.5 Å². The summed E-state index contributed by atoms with van der Waals surface area (Å²) in [5.74, 6) is 0. The summed E-state index contributed by atoms with van der Waals surface area (Å²) in [6.07, 6.45) is 0. The highest BCUT2D eigenvalue weighted by molar-refractivity contribution is 9.10. The smallest absolute Gasteiger partial charge is 0.245 e. The minimum absolute atomic E-state index is 0.188. The number of hydrogen-bond donors (Lipinski definition) is 0. The van der Waals surface area contributed by atoms with Gasteiger partial charge in [0.25, 0.3) is 0 Å². The van der Waals surface area contributed by atoms with Crippen molar-refractivity contribution in [2.24, 2.45) is 0 Å². The molecule has 0 aromatic carbocycles. The second-order valence-electron chi connectivity index (χ2n) is 2.53. The highest BCUT2D eigenvalue weighted by atomic mass is 79.9. The van der Waals surface area contributed by atoms with Gasteiger partial charge in [0.05, 0.1) is 10.2 Å². The third-order valence-corrected chi connectivity index (χ3v) is 2.81. The Morgan fingerprint density at radius 3 is 2.46 bits per heavy atom. The van der Waals surface area contributed by atoms with Crippen molar-refractivity contribution in [1.82, 2.24) is 9.55 Å². The Balaban J connectivity index is 3.54. The SMILES string of the molecule is Cc1nc(=O)n(C(F)F)c(C)c1Br. The maximum absolute atomic E-state index is 12.3. The zero-order valence-electron chi connectivity index (χ0n) is 7.01. The van der Waals surface area contributed by atoms with Crippen LogP contribution >= 0.6 is 15.9 Å². The molecule has 0 aliphatic heterocycles. The lowest BCUT2D eigenvalue weighted by atomic mass is 10.3. The molecule has 1 rings (SSSR count). The first-order valence-electron chi connectivity index (χ1n) is 3.48. The van der Waals surface area contributed by atoms with Gasteiger partial charge in [0.15, 0.2) is 0 Å².